The van der Waals surface area contributed by atoms with Gasteiger partial charge in [0.05, 0.1) is 12.8 Å². The summed E-state index contributed by atoms with van der Waals surface area (Å²) in [5, 5.41) is 5.69. The van der Waals surface area contributed by atoms with Crippen LogP contribution in [0.1, 0.15) is 27.7 Å². The highest BCUT2D eigenvalue weighted by Gasteiger charge is 2.23. The van der Waals surface area contributed by atoms with E-state index in [-0.39, 0.29) is 21.0 Å². The lowest BCUT2D eigenvalue weighted by atomic mass is 10.2. The van der Waals surface area contributed by atoms with Crippen molar-refractivity contribution in [2.24, 2.45) is 5.73 Å². The molecule has 0 saturated heterocycles. The van der Waals surface area contributed by atoms with Gasteiger partial charge in [0.1, 0.15) is 22.9 Å². The molecule has 15 heteroatoms. The molecular formula is C17H25N5O7S3. The number of carbonyl (C=O) groups is 3. The van der Waals surface area contributed by atoms with E-state index >= 15 is 0 Å². The standard InChI is InChI=1S/C17H25N5O7S3/c1-6-28-14(24)12(18)13(30-7-2)22-32(26,27)11-9-19-15(31-11)21-10(23)8-20-16(25)29-17(3,4)5/h7,9,22H,2,6,8,18H2,1,3-5H3,(H,20,25)(H,19,21,23)/b13-12-. The van der Waals surface area contributed by atoms with Crippen LogP contribution >= 0.6 is 23.1 Å². The van der Waals surface area contributed by atoms with Crippen LogP contribution in [0.2, 0.25) is 0 Å². The molecule has 0 unspecified atom stereocenters. The lowest BCUT2D eigenvalue weighted by Crippen LogP contribution is -2.37. The Morgan fingerprint density at radius 3 is 2.56 bits per heavy atom. The maximum Gasteiger partial charge on any atom is 0.408 e. The van der Waals surface area contributed by atoms with Crippen molar-refractivity contribution in [3.05, 3.63) is 28.9 Å². The Morgan fingerprint density at radius 2 is 2.00 bits per heavy atom. The van der Waals surface area contributed by atoms with Crippen molar-refractivity contribution < 1.29 is 32.3 Å². The number of esters is 1. The molecule has 0 aliphatic heterocycles. The summed E-state index contributed by atoms with van der Waals surface area (Å²) in [6.45, 7) is 9.71. The Kier molecular flexibility index (Phi) is 9.99. The van der Waals surface area contributed by atoms with Gasteiger partial charge in [0.2, 0.25) is 5.91 Å². The van der Waals surface area contributed by atoms with Gasteiger partial charge in [-0.1, -0.05) is 29.7 Å². The molecule has 1 heterocycles. The van der Waals surface area contributed by atoms with Crippen LogP contribution in [0, 0.1) is 0 Å². The molecule has 0 fully saturated rings. The fourth-order valence-corrected chi connectivity index (χ4v) is 4.68. The maximum atomic E-state index is 12.6. The second-order valence-electron chi connectivity index (χ2n) is 6.74. The van der Waals surface area contributed by atoms with Crippen LogP contribution in [-0.4, -0.2) is 50.1 Å². The summed E-state index contributed by atoms with van der Waals surface area (Å²) in [5.41, 5.74) is 4.52. The Labute approximate surface area is 194 Å². The quantitative estimate of drug-likeness (QED) is 0.267. The van der Waals surface area contributed by atoms with E-state index < -0.39 is 45.8 Å². The second-order valence-corrected chi connectivity index (χ2v) is 10.7. The van der Waals surface area contributed by atoms with Gasteiger partial charge in [-0.15, -0.1) is 0 Å². The number of thioether (sulfide) groups is 1. The number of nitrogens with two attached hydrogens (primary N) is 1. The van der Waals surface area contributed by atoms with E-state index in [1.54, 1.807) is 27.7 Å². The number of amides is 2. The van der Waals surface area contributed by atoms with Crippen LogP contribution in [0.3, 0.4) is 0 Å². The van der Waals surface area contributed by atoms with Gasteiger partial charge in [-0.05, 0) is 33.1 Å². The predicted octanol–water partition coefficient (Wildman–Crippen LogP) is 1.45. The minimum atomic E-state index is -4.19. The molecule has 0 bridgehead atoms. The van der Waals surface area contributed by atoms with Crippen molar-refractivity contribution in [3.63, 3.8) is 0 Å². The van der Waals surface area contributed by atoms with Crippen molar-refractivity contribution in [1.29, 1.82) is 0 Å². The van der Waals surface area contributed by atoms with Crippen LogP contribution in [-0.2, 0) is 29.1 Å². The molecule has 12 nitrogen and oxygen atoms in total. The first-order valence-corrected chi connectivity index (χ1v) is 12.2. The Bertz CT molecular complexity index is 996. The molecule has 1 rings (SSSR count). The lowest BCUT2D eigenvalue weighted by molar-refractivity contribution is -0.138. The van der Waals surface area contributed by atoms with Gasteiger partial charge < -0.3 is 25.8 Å². The van der Waals surface area contributed by atoms with Crippen LogP contribution < -0.4 is 21.1 Å². The SMILES string of the molecule is C=CS/C(NS(=O)(=O)c1cnc(NC(=O)CNC(=O)OC(C)(C)C)s1)=C(\N)C(=O)OCC. The van der Waals surface area contributed by atoms with E-state index in [0.29, 0.717) is 11.3 Å². The summed E-state index contributed by atoms with van der Waals surface area (Å²) < 4.78 is 37.0. The summed E-state index contributed by atoms with van der Waals surface area (Å²) in [5.74, 6) is -1.54. The van der Waals surface area contributed by atoms with Gasteiger partial charge in [0.15, 0.2) is 9.34 Å². The van der Waals surface area contributed by atoms with Crippen molar-refractivity contribution >= 4 is 56.2 Å². The van der Waals surface area contributed by atoms with Gasteiger partial charge in [-0.25, -0.2) is 23.0 Å². The molecule has 2 amide bonds. The first-order valence-electron chi connectivity index (χ1n) is 8.98. The van der Waals surface area contributed by atoms with Crippen LogP contribution in [0.15, 0.2) is 33.1 Å². The first-order chi connectivity index (χ1) is 14.8. The zero-order chi connectivity index (χ0) is 24.5. The topological polar surface area (TPSA) is 179 Å². The number of nitrogens with one attached hydrogen (secondary N) is 3. The van der Waals surface area contributed by atoms with Gasteiger partial charge in [-0.2, -0.15) is 0 Å². The molecule has 0 atom stereocenters. The van der Waals surface area contributed by atoms with E-state index in [0.717, 1.165) is 18.0 Å². The number of thiazole rings is 1. The summed E-state index contributed by atoms with van der Waals surface area (Å²) in [7, 11) is -4.19. The minimum Gasteiger partial charge on any atom is -0.461 e. The van der Waals surface area contributed by atoms with Crippen LogP contribution in [0.4, 0.5) is 9.93 Å². The lowest BCUT2D eigenvalue weighted by Gasteiger charge is -2.19. The number of alkyl carbamates (subject to hydrolysis) is 1. The Morgan fingerprint density at radius 1 is 1.34 bits per heavy atom. The van der Waals surface area contributed by atoms with Gasteiger partial charge in [0, 0.05) is 0 Å². The third kappa shape index (κ3) is 9.15. The van der Waals surface area contributed by atoms with Crippen LogP contribution in [0.25, 0.3) is 0 Å². The average molecular weight is 508 g/mol. The Hall–Kier alpha value is -2.78. The van der Waals surface area contributed by atoms with E-state index in [4.69, 9.17) is 15.2 Å². The largest absolute Gasteiger partial charge is 0.461 e. The van der Waals surface area contributed by atoms with E-state index in [1.165, 1.54) is 5.41 Å². The molecule has 1 aromatic rings. The number of hydrogen-bond acceptors (Lipinski definition) is 11. The molecule has 0 aliphatic rings. The molecule has 0 saturated carbocycles. The molecule has 0 radical (unpaired) electrons. The highest BCUT2D eigenvalue weighted by molar-refractivity contribution is 8.06. The third-order valence-corrected chi connectivity index (χ3v) is 6.53. The van der Waals surface area contributed by atoms with E-state index in [9.17, 15) is 22.8 Å². The maximum absolute atomic E-state index is 12.6. The number of ether oxygens (including phenoxy) is 2. The van der Waals surface area contributed by atoms with E-state index in [2.05, 4.69) is 26.9 Å². The normalized spacial score (nSPS) is 12.2. The number of rotatable bonds is 10. The molecule has 5 N–H and O–H groups in total. The number of nitrogens with zero attached hydrogens (tertiary/aromatic N) is 1. The zero-order valence-corrected chi connectivity index (χ0v) is 20.3. The Balaban J connectivity index is 2.85. The number of anilines is 1. The third-order valence-electron chi connectivity index (χ3n) is 2.96. The fourth-order valence-electron chi connectivity index (χ4n) is 1.77. The average Bonchev–Trinajstić information content (AvgIpc) is 3.13. The molecule has 32 heavy (non-hydrogen) atoms. The number of carbonyl (C=O) groups excluding carboxylic acids is 3. The second kappa shape index (κ2) is 11.7. The predicted molar refractivity (Wildman–Crippen MR) is 121 cm³/mol. The molecule has 1 aromatic heterocycles. The minimum absolute atomic E-state index is 0.0263. The van der Waals surface area contributed by atoms with E-state index in [1.807, 2.05) is 0 Å². The highest BCUT2D eigenvalue weighted by Crippen LogP contribution is 2.25. The summed E-state index contributed by atoms with van der Waals surface area (Å²) in [6.07, 6.45) is 0.234. The van der Waals surface area contributed by atoms with Gasteiger partial charge >= 0.3 is 12.1 Å². The summed E-state index contributed by atoms with van der Waals surface area (Å²) >= 11 is 1.43. The monoisotopic (exact) mass is 507 g/mol. The number of aromatic nitrogens is 1. The van der Waals surface area contributed by atoms with Crippen molar-refractivity contribution in [1.82, 2.24) is 15.0 Å². The van der Waals surface area contributed by atoms with Gasteiger partial charge in [-0.3, -0.25) is 9.52 Å². The smallest absolute Gasteiger partial charge is 0.408 e. The van der Waals surface area contributed by atoms with Crippen molar-refractivity contribution in [2.45, 2.75) is 37.5 Å². The molecule has 0 aliphatic carbocycles. The molecule has 0 aromatic carbocycles. The van der Waals surface area contributed by atoms with Crippen LogP contribution in [0.5, 0.6) is 0 Å². The number of hydrogen-bond donors (Lipinski definition) is 4. The summed E-state index contributed by atoms with van der Waals surface area (Å²) in [6, 6.07) is 0. The summed E-state index contributed by atoms with van der Waals surface area (Å²) in [4.78, 5) is 39.2. The first kappa shape index (κ1) is 27.3. The van der Waals surface area contributed by atoms with Crippen molar-refractivity contribution in [2.75, 3.05) is 18.5 Å². The van der Waals surface area contributed by atoms with Crippen molar-refractivity contribution in [3.8, 4) is 0 Å². The molecule has 178 valence electrons. The highest BCUT2D eigenvalue weighted by atomic mass is 32.2. The molecule has 0 spiro atoms. The fraction of sp³-hybridized carbons (Fsp3) is 0.412. The molecular weight excluding hydrogens is 482 g/mol. The zero-order valence-electron chi connectivity index (χ0n) is 17.9. The number of sulfonamides is 1. The van der Waals surface area contributed by atoms with Gasteiger partial charge in [0.25, 0.3) is 10.0 Å².